The molecular formula is C16H18N4O2. The number of ketones is 1. The minimum atomic E-state index is -0.174. The highest BCUT2D eigenvalue weighted by Crippen LogP contribution is 2.11. The summed E-state index contributed by atoms with van der Waals surface area (Å²) in [6.07, 6.45) is 0. The average Bonchev–Trinajstić information content (AvgIpc) is 2.55. The highest BCUT2D eigenvalue weighted by atomic mass is 16.2. The van der Waals surface area contributed by atoms with Gasteiger partial charge in [0, 0.05) is 22.6 Å². The summed E-state index contributed by atoms with van der Waals surface area (Å²) in [5.41, 5.74) is 13.5. The molecule has 0 aliphatic heterocycles. The van der Waals surface area contributed by atoms with Crippen molar-refractivity contribution in [3.63, 3.8) is 0 Å². The minimum Gasteiger partial charge on any atom is -0.399 e. The Morgan fingerprint density at radius 3 is 2.09 bits per heavy atom. The number of carbonyl (C=O) groups is 2. The van der Waals surface area contributed by atoms with Crippen LogP contribution in [-0.4, -0.2) is 24.8 Å². The molecule has 114 valence electrons. The maximum absolute atomic E-state index is 11.8. The van der Waals surface area contributed by atoms with Gasteiger partial charge in [0.25, 0.3) is 0 Å². The summed E-state index contributed by atoms with van der Waals surface area (Å²) >= 11 is 0. The molecule has 6 N–H and O–H groups in total. The van der Waals surface area contributed by atoms with Crippen LogP contribution in [0.25, 0.3) is 0 Å². The third-order valence-electron chi connectivity index (χ3n) is 3.04. The molecule has 22 heavy (non-hydrogen) atoms. The first-order chi connectivity index (χ1) is 10.6. The van der Waals surface area contributed by atoms with E-state index in [0.717, 1.165) is 5.69 Å². The highest BCUT2D eigenvalue weighted by molar-refractivity contribution is 5.98. The van der Waals surface area contributed by atoms with E-state index in [4.69, 9.17) is 11.5 Å². The van der Waals surface area contributed by atoms with E-state index in [1.807, 2.05) is 0 Å². The number of hydrogen-bond acceptors (Lipinski definition) is 5. The van der Waals surface area contributed by atoms with Crippen molar-refractivity contribution in [2.75, 3.05) is 29.5 Å². The van der Waals surface area contributed by atoms with Gasteiger partial charge < -0.3 is 22.1 Å². The van der Waals surface area contributed by atoms with Gasteiger partial charge in [0.1, 0.15) is 0 Å². The molecule has 2 rings (SSSR count). The third kappa shape index (κ3) is 4.32. The van der Waals surface area contributed by atoms with E-state index >= 15 is 0 Å². The van der Waals surface area contributed by atoms with Crippen molar-refractivity contribution in [2.24, 2.45) is 5.73 Å². The first kappa shape index (κ1) is 15.5. The molecule has 0 atom stereocenters. The summed E-state index contributed by atoms with van der Waals surface area (Å²) in [4.78, 5) is 23.2. The maximum Gasteiger partial charge on any atom is 0.243 e. The van der Waals surface area contributed by atoms with E-state index in [1.54, 1.807) is 48.5 Å². The second-order valence-electron chi connectivity index (χ2n) is 4.73. The predicted molar refractivity (Wildman–Crippen MR) is 87.8 cm³/mol. The number of amides is 1. The molecule has 0 aromatic heterocycles. The Kier molecular flexibility index (Phi) is 5.11. The zero-order valence-corrected chi connectivity index (χ0v) is 12.0. The Balaban J connectivity index is 1.85. The Morgan fingerprint density at radius 1 is 0.909 bits per heavy atom. The van der Waals surface area contributed by atoms with Crippen LogP contribution in [-0.2, 0) is 4.79 Å². The van der Waals surface area contributed by atoms with Crippen molar-refractivity contribution in [1.82, 2.24) is 0 Å². The van der Waals surface area contributed by atoms with Crippen LogP contribution in [0.15, 0.2) is 48.5 Å². The number of hydrogen-bond donors (Lipinski definition) is 4. The Labute approximate surface area is 128 Å². The third-order valence-corrected chi connectivity index (χ3v) is 3.04. The number of carbonyl (C=O) groups excluding carboxylic acids is 2. The van der Waals surface area contributed by atoms with Crippen molar-refractivity contribution in [1.29, 1.82) is 0 Å². The molecule has 0 spiro atoms. The van der Waals surface area contributed by atoms with Crippen LogP contribution in [0.4, 0.5) is 17.1 Å². The van der Waals surface area contributed by atoms with Gasteiger partial charge in [-0.25, -0.2) is 0 Å². The fraction of sp³-hybridized carbons (Fsp3) is 0.125. The molecule has 0 saturated carbocycles. The standard InChI is InChI=1S/C16H18N4O2/c17-9-15(21)11-1-5-13(6-2-11)19-10-16(22)20-14-7-3-12(18)4-8-14/h1-8,19H,9-10,17-18H2,(H,20,22). The summed E-state index contributed by atoms with van der Waals surface area (Å²) in [7, 11) is 0. The number of nitrogens with one attached hydrogen (secondary N) is 2. The molecule has 0 fully saturated rings. The van der Waals surface area contributed by atoms with Gasteiger partial charge in [-0.2, -0.15) is 0 Å². The molecule has 0 heterocycles. The molecule has 2 aromatic rings. The molecule has 0 aliphatic rings. The van der Waals surface area contributed by atoms with Crippen molar-refractivity contribution in [2.45, 2.75) is 0 Å². The van der Waals surface area contributed by atoms with E-state index in [0.29, 0.717) is 16.9 Å². The largest absolute Gasteiger partial charge is 0.399 e. The van der Waals surface area contributed by atoms with E-state index in [1.165, 1.54) is 0 Å². The second-order valence-corrected chi connectivity index (χ2v) is 4.73. The van der Waals surface area contributed by atoms with E-state index < -0.39 is 0 Å². The highest BCUT2D eigenvalue weighted by Gasteiger charge is 2.04. The average molecular weight is 298 g/mol. The van der Waals surface area contributed by atoms with Crippen LogP contribution in [0.5, 0.6) is 0 Å². The lowest BCUT2D eigenvalue weighted by Gasteiger charge is -2.08. The number of Topliss-reactive ketones (excluding diaryl/α,β-unsaturated/α-hetero) is 1. The monoisotopic (exact) mass is 298 g/mol. The van der Waals surface area contributed by atoms with Gasteiger partial charge in [0.05, 0.1) is 13.1 Å². The summed E-state index contributed by atoms with van der Waals surface area (Å²) in [6.45, 7) is 0.103. The number of benzene rings is 2. The maximum atomic E-state index is 11.8. The van der Waals surface area contributed by atoms with Crippen LogP contribution in [0.1, 0.15) is 10.4 Å². The van der Waals surface area contributed by atoms with Crippen molar-refractivity contribution in [3.05, 3.63) is 54.1 Å². The Hall–Kier alpha value is -2.86. The summed E-state index contributed by atoms with van der Waals surface area (Å²) in [5, 5.41) is 5.73. The summed E-state index contributed by atoms with van der Waals surface area (Å²) < 4.78 is 0. The molecule has 2 aromatic carbocycles. The molecule has 6 nitrogen and oxygen atoms in total. The van der Waals surface area contributed by atoms with Gasteiger partial charge >= 0.3 is 0 Å². The van der Waals surface area contributed by atoms with Gasteiger partial charge in [-0.15, -0.1) is 0 Å². The number of anilines is 3. The van der Waals surface area contributed by atoms with E-state index in [9.17, 15) is 9.59 Å². The molecule has 0 unspecified atom stereocenters. The number of rotatable bonds is 6. The van der Waals surface area contributed by atoms with Crippen molar-refractivity contribution in [3.8, 4) is 0 Å². The van der Waals surface area contributed by atoms with Crippen LogP contribution in [0.2, 0.25) is 0 Å². The van der Waals surface area contributed by atoms with E-state index in [-0.39, 0.29) is 24.8 Å². The van der Waals surface area contributed by atoms with Crippen LogP contribution < -0.4 is 22.1 Å². The first-order valence-electron chi connectivity index (χ1n) is 6.81. The van der Waals surface area contributed by atoms with E-state index in [2.05, 4.69) is 10.6 Å². The SMILES string of the molecule is NCC(=O)c1ccc(NCC(=O)Nc2ccc(N)cc2)cc1. The molecule has 6 heteroatoms. The molecule has 0 bridgehead atoms. The molecule has 0 aliphatic carbocycles. The van der Waals surface area contributed by atoms with Gasteiger partial charge in [-0.05, 0) is 48.5 Å². The molecule has 0 saturated heterocycles. The lowest BCUT2D eigenvalue weighted by Crippen LogP contribution is -2.21. The van der Waals surface area contributed by atoms with Crippen LogP contribution in [0, 0.1) is 0 Å². The van der Waals surface area contributed by atoms with Crippen LogP contribution in [0.3, 0.4) is 0 Å². The smallest absolute Gasteiger partial charge is 0.243 e. The lowest BCUT2D eigenvalue weighted by molar-refractivity contribution is -0.114. The zero-order chi connectivity index (χ0) is 15.9. The fourth-order valence-electron chi connectivity index (χ4n) is 1.85. The predicted octanol–water partition coefficient (Wildman–Crippen LogP) is 1.46. The molecule has 1 amide bonds. The zero-order valence-electron chi connectivity index (χ0n) is 12.0. The van der Waals surface area contributed by atoms with Gasteiger partial charge in [0.2, 0.25) is 5.91 Å². The van der Waals surface area contributed by atoms with Crippen LogP contribution >= 0.6 is 0 Å². The molecular weight excluding hydrogens is 280 g/mol. The van der Waals surface area contributed by atoms with Gasteiger partial charge in [-0.3, -0.25) is 9.59 Å². The fourth-order valence-corrected chi connectivity index (χ4v) is 1.85. The number of nitrogens with two attached hydrogens (primary N) is 2. The molecule has 0 radical (unpaired) electrons. The summed E-state index contributed by atoms with van der Waals surface area (Å²) in [5.74, 6) is -0.292. The van der Waals surface area contributed by atoms with Gasteiger partial charge in [-0.1, -0.05) is 0 Å². The first-order valence-corrected chi connectivity index (χ1v) is 6.81. The Bertz CT molecular complexity index is 651. The van der Waals surface area contributed by atoms with Crippen molar-refractivity contribution < 1.29 is 9.59 Å². The van der Waals surface area contributed by atoms with Gasteiger partial charge in [0.15, 0.2) is 5.78 Å². The number of nitrogen functional groups attached to an aromatic ring is 1. The lowest BCUT2D eigenvalue weighted by atomic mass is 10.1. The summed E-state index contributed by atoms with van der Waals surface area (Å²) in [6, 6.07) is 13.7. The van der Waals surface area contributed by atoms with Crippen molar-refractivity contribution >= 4 is 28.8 Å². The quantitative estimate of drug-likeness (QED) is 0.477. The topological polar surface area (TPSA) is 110 Å². The second kappa shape index (κ2) is 7.24. The normalized spacial score (nSPS) is 10.0. The Morgan fingerprint density at radius 2 is 1.50 bits per heavy atom. The minimum absolute atomic E-state index is 0.0171.